The zero-order valence-electron chi connectivity index (χ0n) is 31.7. The highest BCUT2D eigenvalue weighted by atomic mass is 16.5. The predicted octanol–water partition coefficient (Wildman–Crippen LogP) is 12.9. The zero-order chi connectivity index (χ0) is 38.8. The average Bonchev–Trinajstić information content (AvgIpc) is 4.12. The highest BCUT2D eigenvalue weighted by molar-refractivity contribution is 6.22. The molecule has 0 saturated carbocycles. The van der Waals surface area contributed by atoms with Crippen molar-refractivity contribution in [3.63, 3.8) is 0 Å². The van der Waals surface area contributed by atoms with Crippen molar-refractivity contribution >= 4 is 45.6 Å². The molecule has 8 bridgehead atoms. The Morgan fingerprint density at radius 3 is 1.36 bits per heavy atom. The van der Waals surface area contributed by atoms with Gasteiger partial charge in [-0.15, -0.1) is 0 Å². The number of aromatic amines is 2. The minimum Gasteiger partial charge on any atom is -0.497 e. The van der Waals surface area contributed by atoms with Crippen LogP contribution in [0.5, 0.6) is 5.75 Å². The first kappa shape index (κ1) is 34.5. The molecule has 0 radical (unpaired) electrons. The van der Waals surface area contributed by atoms with Gasteiger partial charge in [0.25, 0.3) is 0 Å². The van der Waals surface area contributed by atoms with Gasteiger partial charge in [-0.25, -0.2) is 9.98 Å². The number of ether oxygens (including phenoxy) is 1. The summed E-state index contributed by atoms with van der Waals surface area (Å²) >= 11 is 0. The summed E-state index contributed by atoms with van der Waals surface area (Å²) in [5.74, 6) is 7.71. The quantitative estimate of drug-likeness (QED) is 0.172. The molecule has 5 heterocycles. The molecule has 2 aliphatic heterocycles. The van der Waals surface area contributed by atoms with Crippen LogP contribution in [-0.4, -0.2) is 27.8 Å². The van der Waals surface area contributed by atoms with Gasteiger partial charge in [0.1, 0.15) is 11.5 Å². The van der Waals surface area contributed by atoms with E-state index < -0.39 is 0 Å². The number of H-pyrrole nitrogens is 2. The van der Waals surface area contributed by atoms with Gasteiger partial charge in [-0.1, -0.05) is 127 Å². The van der Waals surface area contributed by atoms with Crippen LogP contribution in [0.2, 0.25) is 0 Å². The number of hydrogen-bond acceptors (Lipinski definition) is 3. The number of nitrogens with zero attached hydrogens (tertiary/aromatic N) is 2. The Morgan fingerprint density at radius 2 is 0.879 bits per heavy atom. The fraction of sp³-hybridized carbons (Fsp3) is 0.0189. The van der Waals surface area contributed by atoms with Gasteiger partial charge in [0.15, 0.2) is 0 Å². The SMILES string of the molecule is COc1ccc(C#CC2=Nc3cc2c(-c2ccccc2)c2ccc([nH]2)c(-c2ccccc2)c2nc(c(-c4ccccc4)c4ccc([nH]4)c3-c3ccccc3)C=C2)cc1. The van der Waals surface area contributed by atoms with Crippen molar-refractivity contribution in [1.29, 1.82) is 0 Å². The minimum absolute atomic E-state index is 0.677. The van der Waals surface area contributed by atoms with E-state index in [-0.39, 0.29) is 0 Å². The monoisotopic (exact) mass is 744 g/mol. The van der Waals surface area contributed by atoms with Crippen molar-refractivity contribution in [2.45, 2.75) is 0 Å². The van der Waals surface area contributed by atoms with Crippen LogP contribution in [0.4, 0.5) is 5.69 Å². The normalized spacial score (nSPS) is 11.8. The molecule has 58 heavy (non-hydrogen) atoms. The second-order valence-electron chi connectivity index (χ2n) is 14.1. The Morgan fingerprint density at radius 1 is 0.448 bits per heavy atom. The molecule has 2 N–H and O–H groups in total. The fourth-order valence-corrected chi connectivity index (χ4v) is 7.85. The topological polar surface area (TPSA) is 66.1 Å². The first-order valence-electron chi connectivity index (χ1n) is 19.3. The summed E-state index contributed by atoms with van der Waals surface area (Å²) in [5.41, 5.74) is 17.0. The third-order valence-electron chi connectivity index (χ3n) is 10.6. The molecule has 274 valence electrons. The number of benzene rings is 5. The maximum atomic E-state index is 5.42. The van der Waals surface area contributed by atoms with Gasteiger partial charge in [0, 0.05) is 55.4 Å². The van der Waals surface area contributed by atoms with Crippen LogP contribution in [-0.2, 0) is 0 Å². The van der Waals surface area contributed by atoms with Crippen LogP contribution in [0.3, 0.4) is 0 Å². The third kappa shape index (κ3) is 6.49. The van der Waals surface area contributed by atoms with Crippen LogP contribution in [0.25, 0.3) is 78.7 Å². The minimum atomic E-state index is 0.677. The molecular weight excluding hydrogens is 709 g/mol. The predicted molar refractivity (Wildman–Crippen MR) is 240 cm³/mol. The van der Waals surface area contributed by atoms with Crippen molar-refractivity contribution in [2.24, 2.45) is 4.99 Å². The number of hydrogen-bond donors (Lipinski definition) is 2. The van der Waals surface area contributed by atoms with E-state index in [1.165, 1.54) is 0 Å². The number of rotatable bonds is 5. The molecular formula is C53H36N4O. The van der Waals surface area contributed by atoms with Gasteiger partial charge in [-0.3, -0.25) is 0 Å². The van der Waals surface area contributed by atoms with E-state index in [0.717, 1.165) is 101 Å². The standard InChI is InChI=1S/C53H36N4O/c1-58-40-25-22-35(23-26-40)24-27-42-41-34-49(54-42)53(39-20-12-5-13-21-39)48-33-32-47(57-48)52(38-18-10-4-11-19-38)46-31-30-45(56-46)51(37-16-8-3-9-17-37)44-29-28-43(55-44)50(41)36-14-6-2-7-15-36/h2-23,25-26,28-34,55,57H,1H3. The second kappa shape index (κ2) is 15.0. The van der Waals surface area contributed by atoms with Gasteiger partial charge in [-0.05, 0) is 94.9 Å². The zero-order valence-corrected chi connectivity index (χ0v) is 31.7. The molecule has 0 unspecified atom stereocenters. The maximum absolute atomic E-state index is 5.42. The molecule has 8 aromatic rings. The number of aromatic nitrogens is 3. The Balaban J connectivity index is 1.38. The molecule has 2 aliphatic rings. The van der Waals surface area contributed by atoms with Crippen LogP contribution in [0.1, 0.15) is 22.5 Å². The van der Waals surface area contributed by atoms with Gasteiger partial charge in [-0.2, -0.15) is 0 Å². The second-order valence-corrected chi connectivity index (χ2v) is 14.1. The lowest BCUT2D eigenvalue weighted by atomic mass is 9.97. The van der Waals surface area contributed by atoms with Crippen LogP contribution in [0.15, 0.2) is 181 Å². The Hall–Kier alpha value is -7.94. The summed E-state index contributed by atoms with van der Waals surface area (Å²) in [6.07, 6.45) is 4.26. The van der Waals surface area contributed by atoms with E-state index in [4.69, 9.17) is 14.7 Å². The third-order valence-corrected chi connectivity index (χ3v) is 10.6. The molecule has 0 atom stereocenters. The molecule has 0 fully saturated rings. The van der Waals surface area contributed by atoms with E-state index in [9.17, 15) is 0 Å². The van der Waals surface area contributed by atoms with Gasteiger partial charge in [0.2, 0.25) is 0 Å². The molecule has 0 saturated heterocycles. The lowest BCUT2D eigenvalue weighted by molar-refractivity contribution is 0.415. The Bertz CT molecular complexity index is 3110. The van der Waals surface area contributed by atoms with Crippen molar-refractivity contribution in [3.05, 3.63) is 198 Å². The van der Waals surface area contributed by atoms with Crippen molar-refractivity contribution in [1.82, 2.24) is 15.0 Å². The van der Waals surface area contributed by atoms with Crippen molar-refractivity contribution < 1.29 is 4.74 Å². The lowest BCUT2D eigenvalue weighted by Gasteiger charge is -2.07. The molecule has 0 spiro atoms. The fourth-order valence-electron chi connectivity index (χ4n) is 7.85. The molecule has 3 aromatic heterocycles. The van der Waals surface area contributed by atoms with E-state index >= 15 is 0 Å². The number of aliphatic imine (C=N–C) groups is 1. The van der Waals surface area contributed by atoms with E-state index in [1.54, 1.807) is 7.11 Å². The molecule has 5 aromatic carbocycles. The maximum Gasteiger partial charge on any atom is 0.122 e. The van der Waals surface area contributed by atoms with E-state index in [0.29, 0.717) is 5.71 Å². The van der Waals surface area contributed by atoms with Gasteiger partial charge in [0.05, 0.1) is 24.2 Å². The number of methoxy groups -OCH3 is 1. The van der Waals surface area contributed by atoms with Crippen molar-refractivity contribution in [3.8, 4) is 62.1 Å². The van der Waals surface area contributed by atoms with Crippen LogP contribution >= 0.6 is 0 Å². The molecule has 0 amide bonds. The van der Waals surface area contributed by atoms with Gasteiger partial charge < -0.3 is 14.7 Å². The first-order valence-corrected chi connectivity index (χ1v) is 19.3. The lowest BCUT2D eigenvalue weighted by Crippen LogP contribution is -1.97. The average molecular weight is 745 g/mol. The van der Waals surface area contributed by atoms with Crippen molar-refractivity contribution in [2.75, 3.05) is 7.11 Å². The molecule has 0 aliphatic carbocycles. The van der Waals surface area contributed by atoms with Crippen LogP contribution < -0.4 is 4.74 Å². The summed E-state index contributed by atoms with van der Waals surface area (Å²) in [7, 11) is 1.67. The largest absolute Gasteiger partial charge is 0.497 e. The summed E-state index contributed by atoms with van der Waals surface area (Å²) in [4.78, 5) is 18.5. The highest BCUT2D eigenvalue weighted by Crippen LogP contribution is 2.41. The van der Waals surface area contributed by atoms with Gasteiger partial charge >= 0.3 is 0 Å². The molecule has 5 nitrogen and oxygen atoms in total. The summed E-state index contributed by atoms with van der Waals surface area (Å²) in [6, 6.07) is 60.5. The summed E-state index contributed by atoms with van der Waals surface area (Å²) in [6.45, 7) is 0. The first-order chi connectivity index (χ1) is 28.7. The Kier molecular flexibility index (Phi) is 8.90. The number of nitrogens with one attached hydrogen (secondary N) is 2. The smallest absolute Gasteiger partial charge is 0.122 e. The summed E-state index contributed by atoms with van der Waals surface area (Å²) < 4.78 is 5.42. The molecule has 10 rings (SSSR count). The highest BCUT2D eigenvalue weighted by Gasteiger charge is 2.21. The number of fused-ring (bicyclic) bond motifs is 8. The van der Waals surface area contributed by atoms with Crippen LogP contribution in [0, 0.1) is 11.8 Å². The molecule has 5 heteroatoms. The Labute approximate surface area is 336 Å². The van der Waals surface area contributed by atoms with E-state index in [2.05, 4.69) is 161 Å². The van der Waals surface area contributed by atoms with E-state index in [1.807, 2.05) is 48.5 Å². The summed E-state index contributed by atoms with van der Waals surface area (Å²) in [5, 5.41) is 0.